The number of rotatable bonds is 9. The monoisotopic (exact) mass is 536 g/mol. The van der Waals surface area contributed by atoms with Crippen molar-refractivity contribution >= 4 is 29.0 Å². The fraction of sp³-hybridized carbons (Fsp3) is 0.480. The summed E-state index contributed by atoms with van der Waals surface area (Å²) in [7, 11) is 3.81. The second-order valence-corrected chi connectivity index (χ2v) is 9.81. The first-order valence-corrected chi connectivity index (χ1v) is 12.7. The van der Waals surface area contributed by atoms with Crippen LogP contribution in [0.2, 0.25) is 10.0 Å². The van der Waals surface area contributed by atoms with Gasteiger partial charge in [0.2, 0.25) is 0 Å². The lowest BCUT2D eigenvalue weighted by Crippen LogP contribution is -2.46. The van der Waals surface area contributed by atoms with Gasteiger partial charge in [-0.1, -0.05) is 28.4 Å². The Labute approximate surface area is 220 Å². The van der Waals surface area contributed by atoms with Gasteiger partial charge in [-0.05, 0) is 65.5 Å². The van der Waals surface area contributed by atoms with Gasteiger partial charge in [0.05, 0.1) is 28.9 Å². The van der Waals surface area contributed by atoms with Crippen LogP contribution in [0.5, 0.6) is 5.75 Å². The standard InChI is InChI=1S/C25H31Cl2FN6O2/c1-14-21(15(2)36-33-14)23-22(27)25(30-20-8-10-34(4)13-19(20)28)32-24(31-23)17-12-16(6-7-18(17)26)35-11-5-9-29-3/h6-7,12,19-20,29H,5,8-11,13H2,1-4H3,(H,30,31,32). The molecule has 36 heavy (non-hydrogen) atoms. The van der Waals surface area contributed by atoms with Crippen LogP contribution >= 0.6 is 23.2 Å². The lowest BCUT2D eigenvalue weighted by atomic mass is 10.0. The van der Waals surface area contributed by atoms with Crippen molar-refractivity contribution in [3.05, 3.63) is 39.7 Å². The maximum Gasteiger partial charge on any atom is 0.163 e. The SMILES string of the molecule is CNCCCOc1ccc(Cl)c(-c2nc(NC3CCN(C)CC3F)c(Cl)c(-c3c(C)noc3C)n2)c1. The lowest BCUT2D eigenvalue weighted by Gasteiger charge is -2.33. The van der Waals surface area contributed by atoms with Gasteiger partial charge in [-0.25, -0.2) is 14.4 Å². The highest BCUT2D eigenvalue weighted by Crippen LogP contribution is 2.39. The highest BCUT2D eigenvalue weighted by Gasteiger charge is 2.30. The van der Waals surface area contributed by atoms with Gasteiger partial charge >= 0.3 is 0 Å². The molecular formula is C25H31Cl2FN6O2. The first-order valence-electron chi connectivity index (χ1n) is 12.0. The van der Waals surface area contributed by atoms with Crippen LogP contribution in [0.4, 0.5) is 10.2 Å². The van der Waals surface area contributed by atoms with E-state index in [4.69, 9.17) is 42.4 Å². The largest absolute Gasteiger partial charge is 0.494 e. The van der Waals surface area contributed by atoms with Crippen LogP contribution in [0.15, 0.2) is 22.7 Å². The molecule has 0 saturated carbocycles. The summed E-state index contributed by atoms with van der Waals surface area (Å²) in [6, 6.07) is 4.93. The van der Waals surface area contributed by atoms with Gasteiger partial charge in [0.15, 0.2) is 5.82 Å². The van der Waals surface area contributed by atoms with Crippen molar-refractivity contribution < 1.29 is 13.7 Å². The van der Waals surface area contributed by atoms with E-state index in [0.29, 0.717) is 70.3 Å². The van der Waals surface area contributed by atoms with E-state index in [2.05, 4.69) is 15.8 Å². The van der Waals surface area contributed by atoms with Crippen molar-refractivity contribution in [3.63, 3.8) is 0 Å². The van der Waals surface area contributed by atoms with Crippen molar-refractivity contribution in [2.45, 2.75) is 38.9 Å². The average molecular weight is 537 g/mol. The van der Waals surface area contributed by atoms with Crippen LogP contribution in [-0.2, 0) is 0 Å². The molecule has 3 aromatic rings. The normalized spacial score (nSPS) is 18.4. The van der Waals surface area contributed by atoms with Gasteiger partial charge in [-0.3, -0.25) is 0 Å². The van der Waals surface area contributed by atoms with E-state index in [0.717, 1.165) is 19.5 Å². The molecule has 0 radical (unpaired) electrons. The fourth-order valence-corrected chi connectivity index (χ4v) is 4.68. The minimum absolute atomic E-state index is 0.273. The second kappa shape index (κ2) is 11.7. The maximum absolute atomic E-state index is 14.9. The van der Waals surface area contributed by atoms with E-state index in [-0.39, 0.29) is 5.02 Å². The molecule has 4 rings (SSSR count). The molecule has 1 aliphatic rings. The molecule has 2 unspecified atom stereocenters. The summed E-state index contributed by atoms with van der Waals surface area (Å²) in [5, 5.41) is 11.1. The Balaban J connectivity index is 1.76. The number of likely N-dealkylation sites (tertiary alicyclic amines) is 1. The average Bonchev–Trinajstić information content (AvgIpc) is 3.18. The van der Waals surface area contributed by atoms with Crippen LogP contribution in [0.3, 0.4) is 0 Å². The fourth-order valence-electron chi connectivity index (χ4n) is 4.25. The number of aryl methyl sites for hydroxylation is 2. The second-order valence-electron chi connectivity index (χ2n) is 9.02. The summed E-state index contributed by atoms with van der Waals surface area (Å²) < 4.78 is 26.1. The van der Waals surface area contributed by atoms with E-state index < -0.39 is 12.2 Å². The summed E-state index contributed by atoms with van der Waals surface area (Å²) in [5.74, 6) is 1.90. The van der Waals surface area contributed by atoms with E-state index >= 15 is 0 Å². The Morgan fingerprint density at radius 2 is 2.06 bits per heavy atom. The quantitative estimate of drug-likeness (QED) is 0.362. The number of nitrogens with zero attached hydrogens (tertiary/aromatic N) is 4. The Bertz CT molecular complexity index is 1190. The first kappa shape index (κ1) is 26.6. The maximum atomic E-state index is 14.9. The molecule has 1 aromatic carbocycles. The number of hydrogen-bond donors (Lipinski definition) is 2. The lowest BCUT2D eigenvalue weighted by molar-refractivity contribution is 0.149. The minimum Gasteiger partial charge on any atom is -0.494 e. The van der Waals surface area contributed by atoms with Gasteiger partial charge in [0.25, 0.3) is 0 Å². The molecule has 1 saturated heterocycles. The third-order valence-corrected chi connectivity index (χ3v) is 6.89. The van der Waals surface area contributed by atoms with Gasteiger partial charge in [0, 0.05) is 18.7 Å². The molecule has 3 heterocycles. The molecule has 11 heteroatoms. The number of halogens is 3. The van der Waals surface area contributed by atoms with Crippen LogP contribution in [-0.4, -0.2) is 72.6 Å². The molecular weight excluding hydrogens is 506 g/mol. The highest BCUT2D eigenvalue weighted by atomic mass is 35.5. The molecule has 0 spiro atoms. The molecule has 0 amide bonds. The van der Waals surface area contributed by atoms with Crippen molar-refractivity contribution in [3.8, 4) is 28.4 Å². The number of anilines is 1. The molecule has 2 atom stereocenters. The smallest absolute Gasteiger partial charge is 0.163 e. The van der Waals surface area contributed by atoms with E-state index in [1.54, 1.807) is 19.1 Å². The number of ether oxygens (including phenoxy) is 1. The summed E-state index contributed by atoms with van der Waals surface area (Å²) in [6.07, 6.45) is 0.403. The van der Waals surface area contributed by atoms with Gasteiger partial charge in [0.1, 0.15) is 34.2 Å². The van der Waals surface area contributed by atoms with Crippen LogP contribution in [0.25, 0.3) is 22.6 Å². The predicted octanol–water partition coefficient (Wildman–Crippen LogP) is 5.16. The number of nitrogens with one attached hydrogen (secondary N) is 2. The summed E-state index contributed by atoms with van der Waals surface area (Å²) in [5.41, 5.74) is 2.33. The van der Waals surface area contributed by atoms with E-state index in [1.807, 2.05) is 32.0 Å². The molecule has 0 aliphatic carbocycles. The molecule has 1 fully saturated rings. The summed E-state index contributed by atoms with van der Waals surface area (Å²) in [4.78, 5) is 11.4. The van der Waals surface area contributed by atoms with Gasteiger partial charge in [-0.2, -0.15) is 0 Å². The van der Waals surface area contributed by atoms with Crippen molar-refractivity contribution in [1.82, 2.24) is 25.3 Å². The Kier molecular flexibility index (Phi) is 8.66. The molecule has 1 aliphatic heterocycles. The third-order valence-electron chi connectivity index (χ3n) is 6.21. The minimum atomic E-state index is -1.07. The van der Waals surface area contributed by atoms with Crippen LogP contribution < -0.4 is 15.4 Å². The van der Waals surface area contributed by atoms with Crippen LogP contribution in [0, 0.1) is 13.8 Å². The number of hydrogen-bond acceptors (Lipinski definition) is 8. The predicted molar refractivity (Wildman–Crippen MR) is 141 cm³/mol. The number of benzene rings is 1. The highest BCUT2D eigenvalue weighted by molar-refractivity contribution is 6.35. The Hall–Kier alpha value is -2.46. The molecule has 8 nitrogen and oxygen atoms in total. The Morgan fingerprint density at radius 3 is 2.75 bits per heavy atom. The zero-order chi connectivity index (χ0) is 25.8. The van der Waals surface area contributed by atoms with E-state index in [9.17, 15) is 4.39 Å². The molecule has 2 N–H and O–H groups in total. The van der Waals surface area contributed by atoms with Crippen molar-refractivity contribution in [2.24, 2.45) is 0 Å². The topological polar surface area (TPSA) is 88.3 Å². The zero-order valence-corrected chi connectivity index (χ0v) is 22.4. The van der Waals surface area contributed by atoms with Gasteiger partial charge < -0.3 is 24.8 Å². The number of alkyl halides is 1. The van der Waals surface area contributed by atoms with Gasteiger partial charge in [-0.15, -0.1) is 0 Å². The molecule has 0 bridgehead atoms. The van der Waals surface area contributed by atoms with Crippen molar-refractivity contribution in [2.75, 3.05) is 45.7 Å². The number of aromatic nitrogens is 3. The summed E-state index contributed by atoms with van der Waals surface area (Å²) in [6.45, 7) is 6.11. The summed E-state index contributed by atoms with van der Waals surface area (Å²) >= 11 is 13.4. The first-order chi connectivity index (χ1) is 17.3. The Morgan fingerprint density at radius 1 is 1.25 bits per heavy atom. The van der Waals surface area contributed by atoms with Crippen LogP contribution in [0.1, 0.15) is 24.3 Å². The molecule has 2 aromatic heterocycles. The van der Waals surface area contributed by atoms with E-state index in [1.165, 1.54) is 0 Å². The molecule has 194 valence electrons. The number of piperidine rings is 1. The third kappa shape index (κ3) is 5.91. The zero-order valence-electron chi connectivity index (χ0n) is 20.9. The van der Waals surface area contributed by atoms with Crippen molar-refractivity contribution in [1.29, 1.82) is 0 Å².